The summed E-state index contributed by atoms with van der Waals surface area (Å²) in [6.45, 7) is 3.92. The van der Waals surface area contributed by atoms with Crippen molar-refractivity contribution in [3.63, 3.8) is 0 Å². The molecule has 6 nitrogen and oxygen atoms in total. The van der Waals surface area contributed by atoms with Gasteiger partial charge in [-0.2, -0.15) is 0 Å². The van der Waals surface area contributed by atoms with E-state index in [2.05, 4.69) is 27.5 Å². The molecule has 158 valence electrons. The molecule has 1 atom stereocenters. The zero-order chi connectivity index (χ0) is 21.5. The molecule has 2 aromatic carbocycles. The Kier molecular flexibility index (Phi) is 6.75. The van der Waals surface area contributed by atoms with Gasteiger partial charge < -0.3 is 10.1 Å². The Bertz CT molecular complexity index is 1090. The van der Waals surface area contributed by atoms with Crippen molar-refractivity contribution in [2.45, 2.75) is 38.8 Å². The maximum absolute atomic E-state index is 12.0. The van der Waals surface area contributed by atoms with Gasteiger partial charge in [0.1, 0.15) is 5.69 Å². The summed E-state index contributed by atoms with van der Waals surface area (Å²) >= 11 is 0. The van der Waals surface area contributed by atoms with Gasteiger partial charge in [-0.1, -0.05) is 41.3 Å². The molecule has 1 saturated heterocycles. The smallest absolute Gasteiger partial charge is 0.252 e. The highest BCUT2D eigenvalue weighted by molar-refractivity contribution is 5.94. The first kappa shape index (κ1) is 20.8. The summed E-state index contributed by atoms with van der Waals surface area (Å²) in [5.74, 6) is 6.00. The highest BCUT2D eigenvalue weighted by Crippen LogP contribution is 2.22. The first-order valence-corrected chi connectivity index (χ1v) is 10.6. The van der Waals surface area contributed by atoms with Crippen LogP contribution >= 0.6 is 0 Å². The van der Waals surface area contributed by atoms with Crippen LogP contribution in [0.3, 0.4) is 0 Å². The van der Waals surface area contributed by atoms with Crippen LogP contribution in [0.4, 0.5) is 0 Å². The highest BCUT2D eigenvalue weighted by atomic mass is 16.5. The first-order valence-electron chi connectivity index (χ1n) is 10.6. The second-order valence-corrected chi connectivity index (χ2v) is 7.69. The minimum atomic E-state index is -0.122. The fraction of sp³-hybridized carbons (Fsp3) is 0.320. The molecule has 4 rings (SSSR count). The molecule has 6 heteroatoms. The molecule has 1 aliphatic heterocycles. The molecule has 0 aliphatic carbocycles. The lowest BCUT2D eigenvalue weighted by Crippen LogP contribution is -2.24. The average molecular weight is 415 g/mol. The third-order valence-corrected chi connectivity index (χ3v) is 5.31. The lowest BCUT2D eigenvalue weighted by atomic mass is 10.0. The van der Waals surface area contributed by atoms with Crippen molar-refractivity contribution in [2.75, 3.05) is 13.2 Å². The highest BCUT2D eigenvalue weighted by Gasteiger charge is 2.16. The largest absolute Gasteiger partial charge is 0.376 e. The van der Waals surface area contributed by atoms with Crippen LogP contribution in [-0.4, -0.2) is 40.2 Å². The van der Waals surface area contributed by atoms with Gasteiger partial charge in [0.05, 0.1) is 25.4 Å². The van der Waals surface area contributed by atoms with E-state index in [-0.39, 0.29) is 12.0 Å². The zero-order valence-electron chi connectivity index (χ0n) is 17.7. The van der Waals surface area contributed by atoms with Crippen LogP contribution in [0.2, 0.25) is 0 Å². The van der Waals surface area contributed by atoms with Gasteiger partial charge >= 0.3 is 0 Å². The van der Waals surface area contributed by atoms with Gasteiger partial charge in [-0.05, 0) is 56.0 Å². The molecule has 1 aliphatic rings. The Balaban J connectivity index is 1.35. The molecular formula is C25H26N4O2. The molecule has 1 aromatic heterocycles. The number of carbonyl (C=O) groups is 1. The van der Waals surface area contributed by atoms with Crippen LogP contribution in [0.5, 0.6) is 0 Å². The number of rotatable bonds is 5. The normalized spacial score (nSPS) is 15.7. The number of ether oxygens (including phenoxy) is 1. The summed E-state index contributed by atoms with van der Waals surface area (Å²) in [6, 6.07) is 15.1. The van der Waals surface area contributed by atoms with Crippen molar-refractivity contribution in [1.82, 2.24) is 20.3 Å². The number of nitrogens with zero attached hydrogens (tertiary/aromatic N) is 3. The van der Waals surface area contributed by atoms with E-state index in [1.807, 2.05) is 54.2 Å². The molecule has 0 radical (unpaired) electrons. The summed E-state index contributed by atoms with van der Waals surface area (Å²) in [7, 11) is 0. The van der Waals surface area contributed by atoms with Crippen molar-refractivity contribution in [1.29, 1.82) is 0 Å². The van der Waals surface area contributed by atoms with E-state index in [0.717, 1.165) is 48.4 Å². The number of aryl methyl sites for hydroxylation is 1. The SMILES string of the molecule is Cc1cc(C#CCNC(=O)c2ccccc2)ccc1-c1cn(C[C@H]2CCCCO2)nn1. The Labute approximate surface area is 182 Å². The molecule has 1 amide bonds. The summed E-state index contributed by atoms with van der Waals surface area (Å²) in [6.07, 6.45) is 5.64. The predicted molar refractivity (Wildman–Crippen MR) is 119 cm³/mol. The maximum Gasteiger partial charge on any atom is 0.252 e. The van der Waals surface area contributed by atoms with Gasteiger partial charge in [-0.3, -0.25) is 4.79 Å². The monoisotopic (exact) mass is 414 g/mol. The number of benzene rings is 2. The zero-order valence-corrected chi connectivity index (χ0v) is 17.7. The third kappa shape index (κ3) is 5.59. The summed E-state index contributed by atoms with van der Waals surface area (Å²) in [5, 5.41) is 11.4. The first-order chi connectivity index (χ1) is 15.2. The Morgan fingerprint density at radius 1 is 1.23 bits per heavy atom. The molecule has 0 saturated carbocycles. The van der Waals surface area contributed by atoms with Crippen LogP contribution in [0.25, 0.3) is 11.3 Å². The number of carbonyl (C=O) groups excluding carboxylic acids is 1. The number of aromatic nitrogens is 3. The Morgan fingerprint density at radius 3 is 2.87 bits per heavy atom. The van der Waals surface area contributed by atoms with E-state index >= 15 is 0 Å². The van der Waals surface area contributed by atoms with Crippen molar-refractivity contribution in [2.24, 2.45) is 0 Å². The topological polar surface area (TPSA) is 69.0 Å². The standard InChI is InChI=1S/C25H26N4O2/c1-19-16-20(8-7-14-26-25(30)21-9-3-2-4-10-21)12-13-23(19)24-18-29(28-27-24)17-22-11-5-6-15-31-22/h2-4,9-10,12-13,16,18,22H,5-6,11,14-15,17H2,1H3,(H,26,30)/t22-/m1/s1. The summed E-state index contributed by atoms with van der Waals surface area (Å²) < 4.78 is 7.66. The molecule has 0 spiro atoms. The third-order valence-electron chi connectivity index (χ3n) is 5.31. The molecule has 1 fully saturated rings. The number of hydrogen-bond donors (Lipinski definition) is 1. The van der Waals surface area contributed by atoms with Gasteiger partial charge in [-0.25, -0.2) is 4.68 Å². The summed E-state index contributed by atoms with van der Waals surface area (Å²) in [5.41, 5.74) is 4.51. The summed E-state index contributed by atoms with van der Waals surface area (Å²) in [4.78, 5) is 12.0. The van der Waals surface area contributed by atoms with Gasteiger partial charge in [0, 0.05) is 23.3 Å². The van der Waals surface area contributed by atoms with Gasteiger partial charge in [0.25, 0.3) is 5.91 Å². The number of nitrogens with one attached hydrogen (secondary N) is 1. The number of hydrogen-bond acceptors (Lipinski definition) is 4. The van der Waals surface area contributed by atoms with E-state index in [4.69, 9.17) is 4.74 Å². The van der Waals surface area contributed by atoms with Crippen LogP contribution in [0.1, 0.15) is 40.7 Å². The van der Waals surface area contributed by atoms with Crippen LogP contribution in [0.15, 0.2) is 54.7 Å². The van der Waals surface area contributed by atoms with E-state index in [1.54, 1.807) is 12.1 Å². The second-order valence-electron chi connectivity index (χ2n) is 7.69. The quantitative estimate of drug-likeness (QED) is 0.648. The van der Waals surface area contributed by atoms with Crippen LogP contribution in [0, 0.1) is 18.8 Å². The molecule has 3 aromatic rings. The van der Waals surface area contributed by atoms with E-state index in [1.165, 1.54) is 6.42 Å². The van der Waals surface area contributed by atoms with E-state index in [9.17, 15) is 4.79 Å². The van der Waals surface area contributed by atoms with Crippen LogP contribution < -0.4 is 5.32 Å². The minimum Gasteiger partial charge on any atom is -0.376 e. The Hall–Kier alpha value is -3.43. The van der Waals surface area contributed by atoms with E-state index < -0.39 is 0 Å². The fourth-order valence-electron chi connectivity index (χ4n) is 3.66. The molecular weight excluding hydrogens is 388 g/mol. The molecule has 2 heterocycles. The average Bonchev–Trinajstić information content (AvgIpc) is 3.26. The maximum atomic E-state index is 12.0. The Morgan fingerprint density at radius 2 is 2.10 bits per heavy atom. The second kappa shape index (κ2) is 10.1. The van der Waals surface area contributed by atoms with Crippen molar-refractivity contribution < 1.29 is 9.53 Å². The fourth-order valence-corrected chi connectivity index (χ4v) is 3.66. The molecule has 1 N–H and O–H groups in total. The molecule has 0 bridgehead atoms. The predicted octanol–water partition coefficient (Wildman–Crippen LogP) is 3.60. The molecule has 31 heavy (non-hydrogen) atoms. The van der Waals surface area contributed by atoms with Crippen molar-refractivity contribution in [3.05, 3.63) is 71.4 Å². The minimum absolute atomic E-state index is 0.122. The molecule has 0 unspecified atom stereocenters. The number of amides is 1. The lowest BCUT2D eigenvalue weighted by molar-refractivity contribution is 0.00370. The van der Waals surface area contributed by atoms with Gasteiger partial charge in [0.15, 0.2) is 0 Å². The van der Waals surface area contributed by atoms with Crippen molar-refractivity contribution >= 4 is 5.91 Å². The lowest BCUT2D eigenvalue weighted by Gasteiger charge is -2.21. The van der Waals surface area contributed by atoms with E-state index in [0.29, 0.717) is 12.1 Å². The van der Waals surface area contributed by atoms with Gasteiger partial charge in [0.2, 0.25) is 0 Å². The van der Waals surface area contributed by atoms with Crippen LogP contribution in [-0.2, 0) is 11.3 Å². The van der Waals surface area contributed by atoms with Gasteiger partial charge in [-0.15, -0.1) is 5.10 Å². The van der Waals surface area contributed by atoms with Crippen molar-refractivity contribution in [3.8, 4) is 23.1 Å².